The molecular weight excluding hydrogens is 244 g/mol. The Labute approximate surface area is 122 Å². The van der Waals surface area contributed by atoms with Crippen LogP contribution in [-0.2, 0) is 4.74 Å². The molecule has 4 rings (SSSR count). The summed E-state index contributed by atoms with van der Waals surface area (Å²) in [6.45, 7) is 0.733. The van der Waals surface area contributed by atoms with E-state index in [1.54, 1.807) is 17.4 Å². The Kier molecular flexibility index (Phi) is 6.73. The summed E-state index contributed by atoms with van der Waals surface area (Å²) >= 11 is 0. The molecule has 1 heterocycles. The maximum Gasteiger partial charge on any atom is 0.106 e. The molecular formula is C19H24O. The van der Waals surface area contributed by atoms with Crippen molar-refractivity contribution < 1.29 is 4.74 Å². The first-order valence-electron chi connectivity index (χ1n) is 7.59. The summed E-state index contributed by atoms with van der Waals surface area (Å²) in [5.74, 6) is 0. The van der Waals surface area contributed by atoms with Crippen molar-refractivity contribution >= 4 is 0 Å². The smallest absolute Gasteiger partial charge is 0.106 e. The highest BCUT2D eigenvalue weighted by Gasteiger charge is 2.12. The highest BCUT2D eigenvalue weighted by Crippen LogP contribution is 2.31. The van der Waals surface area contributed by atoms with E-state index in [-0.39, 0.29) is 0 Å². The van der Waals surface area contributed by atoms with E-state index in [4.69, 9.17) is 4.74 Å². The molecule has 0 N–H and O–H groups in total. The molecule has 0 fully saturated rings. The van der Waals surface area contributed by atoms with Crippen molar-refractivity contribution in [3.63, 3.8) is 0 Å². The molecule has 0 aromatic rings. The molecule has 1 nitrogen and oxygen atoms in total. The molecule has 0 radical (unpaired) electrons. The molecule has 0 saturated heterocycles. The van der Waals surface area contributed by atoms with Crippen LogP contribution in [-0.4, -0.2) is 6.61 Å². The van der Waals surface area contributed by atoms with E-state index in [1.165, 1.54) is 32.1 Å². The van der Waals surface area contributed by atoms with E-state index in [2.05, 4.69) is 36.5 Å². The summed E-state index contributed by atoms with van der Waals surface area (Å²) in [5, 5.41) is 0. The first-order valence-corrected chi connectivity index (χ1v) is 7.59. The van der Waals surface area contributed by atoms with Gasteiger partial charge >= 0.3 is 0 Å². The van der Waals surface area contributed by atoms with Crippen LogP contribution in [0.15, 0.2) is 72.1 Å². The largest absolute Gasteiger partial charge is 0.497 e. The van der Waals surface area contributed by atoms with Gasteiger partial charge in [-0.05, 0) is 56.3 Å². The number of hydrogen-bond donors (Lipinski definition) is 0. The summed E-state index contributed by atoms with van der Waals surface area (Å²) in [5.41, 5.74) is 3.38. The average Bonchev–Trinajstić information content (AvgIpc) is 3.24. The Morgan fingerprint density at radius 2 is 1.60 bits per heavy atom. The molecule has 20 heavy (non-hydrogen) atoms. The van der Waals surface area contributed by atoms with Gasteiger partial charge in [0.2, 0.25) is 0 Å². The highest BCUT2D eigenvalue weighted by molar-refractivity contribution is 5.34. The molecule has 0 bridgehead atoms. The van der Waals surface area contributed by atoms with E-state index < -0.39 is 0 Å². The Hall–Kier alpha value is -1.76. The van der Waals surface area contributed by atoms with Gasteiger partial charge < -0.3 is 4.74 Å². The molecule has 1 aliphatic heterocycles. The molecule has 106 valence electrons. The number of ether oxygens (including phenoxy) is 1. The van der Waals surface area contributed by atoms with Crippen molar-refractivity contribution in [2.45, 2.75) is 38.5 Å². The van der Waals surface area contributed by atoms with E-state index in [1.807, 2.05) is 18.2 Å². The van der Waals surface area contributed by atoms with Crippen LogP contribution in [0.3, 0.4) is 0 Å². The molecule has 3 aliphatic carbocycles. The standard InChI is InChI=1S/C9H12.C5H6O.C5H6/c1-2-5-9-7-3-6-8(9)4-1;1-2-4-6-5-3-1;1-2-4-5-3-1/h3,6H,1-2,4-5,7H2;1-4H,5H2;1-4H,5H2. The molecule has 0 atom stereocenters. The minimum absolute atomic E-state index is 0.733. The third-order valence-corrected chi connectivity index (χ3v) is 3.58. The van der Waals surface area contributed by atoms with E-state index in [0.717, 1.165) is 13.0 Å². The van der Waals surface area contributed by atoms with Crippen molar-refractivity contribution in [1.82, 2.24) is 0 Å². The van der Waals surface area contributed by atoms with Crippen LogP contribution in [0.25, 0.3) is 0 Å². The summed E-state index contributed by atoms with van der Waals surface area (Å²) in [7, 11) is 0. The van der Waals surface area contributed by atoms with Crippen molar-refractivity contribution in [3.8, 4) is 0 Å². The monoisotopic (exact) mass is 268 g/mol. The van der Waals surface area contributed by atoms with Crippen molar-refractivity contribution in [2.75, 3.05) is 6.61 Å². The lowest BCUT2D eigenvalue weighted by Crippen LogP contribution is -1.92. The Morgan fingerprint density at radius 3 is 2.10 bits per heavy atom. The number of allylic oxidation sites excluding steroid dienone is 10. The zero-order chi connectivity index (χ0) is 13.9. The van der Waals surface area contributed by atoms with Gasteiger partial charge in [-0.25, -0.2) is 0 Å². The van der Waals surface area contributed by atoms with Crippen molar-refractivity contribution in [1.29, 1.82) is 0 Å². The van der Waals surface area contributed by atoms with Crippen molar-refractivity contribution in [2.24, 2.45) is 0 Å². The minimum Gasteiger partial charge on any atom is -0.497 e. The van der Waals surface area contributed by atoms with Crippen LogP contribution in [0.4, 0.5) is 0 Å². The predicted octanol–water partition coefficient (Wildman–Crippen LogP) is 5.41. The normalized spacial score (nSPS) is 20.8. The predicted molar refractivity (Wildman–Crippen MR) is 86.4 cm³/mol. The molecule has 0 unspecified atom stereocenters. The topological polar surface area (TPSA) is 9.23 Å². The molecule has 0 amide bonds. The third-order valence-electron chi connectivity index (χ3n) is 3.58. The van der Waals surface area contributed by atoms with E-state index >= 15 is 0 Å². The Balaban J connectivity index is 0.000000117. The Morgan fingerprint density at radius 1 is 0.800 bits per heavy atom. The molecule has 4 aliphatic rings. The fraction of sp³-hybridized carbons (Fsp3) is 0.368. The number of hydrogen-bond acceptors (Lipinski definition) is 1. The first-order chi connectivity index (χ1) is 9.97. The van der Waals surface area contributed by atoms with Gasteiger partial charge in [-0.2, -0.15) is 0 Å². The van der Waals surface area contributed by atoms with Gasteiger partial charge in [-0.15, -0.1) is 0 Å². The maximum atomic E-state index is 4.80. The zero-order valence-corrected chi connectivity index (χ0v) is 12.1. The zero-order valence-electron chi connectivity index (χ0n) is 12.1. The van der Waals surface area contributed by atoms with E-state index in [9.17, 15) is 0 Å². The van der Waals surface area contributed by atoms with Gasteiger partial charge in [0.25, 0.3) is 0 Å². The van der Waals surface area contributed by atoms with E-state index in [0.29, 0.717) is 0 Å². The molecule has 0 aromatic carbocycles. The second-order valence-corrected chi connectivity index (χ2v) is 5.12. The minimum atomic E-state index is 0.733. The quantitative estimate of drug-likeness (QED) is 0.571. The van der Waals surface area contributed by atoms with Gasteiger partial charge in [0.15, 0.2) is 0 Å². The third kappa shape index (κ3) is 5.48. The molecule has 0 saturated carbocycles. The van der Waals surface area contributed by atoms with Crippen LogP contribution in [0, 0.1) is 0 Å². The van der Waals surface area contributed by atoms with Crippen molar-refractivity contribution in [3.05, 3.63) is 72.1 Å². The lowest BCUT2D eigenvalue weighted by molar-refractivity contribution is 0.286. The van der Waals surface area contributed by atoms with Gasteiger partial charge in [0.1, 0.15) is 6.61 Å². The fourth-order valence-electron chi connectivity index (χ4n) is 2.51. The van der Waals surface area contributed by atoms with Crippen LogP contribution >= 0.6 is 0 Å². The van der Waals surface area contributed by atoms with Gasteiger partial charge in [0.05, 0.1) is 6.26 Å². The van der Waals surface area contributed by atoms with Crippen LogP contribution < -0.4 is 0 Å². The molecule has 1 heteroatoms. The summed E-state index contributed by atoms with van der Waals surface area (Å²) in [6, 6.07) is 0. The fourth-order valence-corrected chi connectivity index (χ4v) is 2.51. The van der Waals surface area contributed by atoms with Gasteiger partial charge in [-0.3, -0.25) is 0 Å². The lowest BCUT2D eigenvalue weighted by atomic mass is 9.94. The summed E-state index contributed by atoms with van der Waals surface area (Å²) in [6.07, 6.45) is 28.4. The van der Waals surface area contributed by atoms with Crippen LogP contribution in [0.1, 0.15) is 38.5 Å². The maximum absolute atomic E-state index is 4.80. The molecule has 0 aromatic heterocycles. The molecule has 0 spiro atoms. The van der Waals surface area contributed by atoms with Crippen LogP contribution in [0.5, 0.6) is 0 Å². The summed E-state index contributed by atoms with van der Waals surface area (Å²) in [4.78, 5) is 0. The second kappa shape index (κ2) is 9.19. The van der Waals surface area contributed by atoms with Crippen LogP contribution in [0.2, 0.25) is 0 Å². The summed E-state index contributed by atoms with van der Waals surface area (Å²) < 4.78 is 4.80. The highest BCUT2D eigenvalue weighted by atomic mass is 16.5. The van der Waals surface area contributed by atoms with Gasteiger partial charge in [-0.1, -0.05) is 48.1 Å². The van der Waals surface area contributed by atoms with Gasteiger partial charge in [0, 0.05) is 0 Å². The lowest BCUT2D eigenvalue weighted by Gasteiger charge is -2.12. The average molecular weight is 268 g/mol. The Bertz CT molecular complexity index is 436. The SMILES string of the molecule is C1=CC2=C(C1)CCCC2.C1=CCC=C1.C1=CCOC=C1. The first kappa shape index (κ1) is 14.6. The number of rotatable bonds is 0. The second-order valence-electron chi connectivity index (χ2n) is 5.12.